The first-order chi connectivity index (χ1) is 8.61. The summed E-state index contributed by atoms with van der Waals surface area (Å²) in [6.45, 7) is 3.99. The van der Waals surface area contributed by atoms with Crippen LogP contribution in [-0.4, -0.2) is 17.0 Å². The summed E-state index contributed by atoms with van der Waals surface area (Å²) in [6, 6.07) is 10.1. The highest BCUT2D eigenvalue weighted by Gasteiger charge is 2.09. The van der Waals surface area contributed by atoms with Crippen LogP contribution in [-0.2, 0) is 0 Å². The molecule has 1 aromatic heterocycles. The normalized spacial score (nSPS) is 10.2. The minimum Gasteiger partial charge on any atom is -0.329 e. The molecule has 0 amide bonds. The minimum atomic E-state index is 0.422. The predicted octanol–water partition coefficient (Wildman–Crippen LogP) is 2.15. The Labute approximate surface area is 107 Å². The molecule has 0 spiro atoms. The van der Waals surface area contributed by atoms with Crippen LogP contribution in [0.5, 0.6) is 0 Å². The van der Waals surface area contributed by atoms with Gasteiger partial charge >= 0.3 is 0 Å². The van der Waals surface area contributed by atoms with E-state index >= 15 is 0 Å². The van der Waals surface area contributed by atoms with E-state index in [1.807, 2.05) is 37.1 Å². The molecule has 1 heterocycles. The van der Waals surface area contributed by atoms with E-state index in [0.29, 0.717) is 5.95 Å². The molecule has 0 unspecified atom stereocenters. The highest BCUT2D eigenvalue weighted by molar-refractivity contribution is 5.63. The van der Waals surface area contributed by atoms with Crippen LogP contribution in [0.4, 0.5) is 17.5 Å². The van der Waals surface area contributed by atoms with Gasteiger partial charge in [-0.05, 0) is 25.5 Å². The largest absolute Gasteiger partial charge is 0.329 e. The minimum absolute atomic E-state index is 0.422. The topological polar surface area (TPSA) is 67.1 Å². The summed E-state index contributed by atoms with van der Waals surface area (Å²) in [4.78, 5) is 10.5. The standard InChI is InChI=1S/C13H17N5/c1-9-6-4-5-7-11(9)18(3)12-8-10(2)15-13(16-12)17-14/h4-8H,14H2,1-3H3,(H,15,16,17). The predicted molar refractivity (Wildman–Crippen MR) is 73.8 cm³/mol. The SMILES string of the molecule is Cc1cc(N(C)c2ccccc2C)nc(NN)n1. The Morgan fingerprint density at radius 1 is 1.17 bits per heavy atom. The molecule has 5 nitrogen and oxygen atoms in total. The number of aryl methyl sites for hydroxylation is 2. The van der Waals surface area contributed by atoms with Crippen molar-refractivity contribution in [2.75, 3.05) is 17.4 Å². The van der Waals surface area contributed by atoms with Crippen LogP contribution in [0, 0.1) is 13.8 Å². The van der Waals surface area contributed by atoms with Crippen molar-refractivity contribution < 1.29 is 0 Å². The molecular formula is C13H17N5. The van der Waals surface area contributed by atoms with Crippen molar-refractivity contribution in [1.29, 1.82) is 0 Å². The van der Waals surface area contributed by atoms with E-state index in [1.165, 1.54) is 5.56 Å². The molecule has 2 rings (SSSR count). The number of nitrogen functional groups attached to an aromatic ring is 1. The summed E-state index contributed by atoms with van der Waals surface area (Å²) in [5.74, 6) is 6.59. The second kappa shape index (κ2) is 5.01. The van der Waals surface area contributed by atoms with Crippen LogP contribution in [0.1, 0.15) is 11.3 Å². The zero-order valence-electron chi connectivity index (χ0n) is 10.8. The molecule has 3 N–H and O–H groups in total. The van der Waals surface area contributed by atoms with Crippen LogP contribution in [0.3, 0.4) is 0 Å². The molecule has 0 aliphatic carbocycles. The van der Waals surface area contributed by atoms with Gasteiger partial charge in [0.1, 0.15) is 5.82 Å². The lowest BCUT2D eigenvalue weighted by Gasteiger charge is -2.21. The lowest BCUT2D eigenvalue weighted by Crippen LogP contribution is -2.16. The fraction of sp³-hybridized carbons (Fsp3) is 0.231. The third-order valence-corrected chi connectivity index (χ3v) is 2.79. The van der Waals surface area contributed by atoms with Crippen molar-refractivity contribution in [3.63, 3.8) is 0 Å². The zero-order chi connectivity index (χ0) is 13.1. The molecule has 0 saturated heterocycles. The fourth-order valence-corrected chi connectivity index (χ4v) is 1.85. The van der Waals surface area contributed by atoms with Crippen molar-refractivity contribution >= 4 is 17.5 Å². The summed E-state index contributed by atoms with van der Waals surface area (Å²) in [5, 5.41) is 0. The molecule has 0 aliphatic heterocycles. The van der Waals surface area contributed by atoms with Crippen LogP contribution in [0.2, 0.25) is 0 Å². The number of hydrogen-bond acceptors (Lipinski definition) is 5. The summed E-state index contributed by atoms with van der Waals surface area (Å²) >= 11 is 0. The third kappa shape index (κ3) is 2.41. The summed E-state index contributed by atoms with van der Waals surface area (Å²) < 4.78 is 0. The molecule has 94 valence electrons. The Kier molecular flexibility index (Phi) is 3.43. The Hall–Kier alpha value is -2.14. The fourth-order valence-electron chi connectivity index (χ4n) is 1.85. The number of nitrogens with one attached hydrogen (secondary N) is 1. The second-order valence-corrected chi connectivity index (χ2v) is 4.18. The van der Waals surface area contributed by atoms with E-state index in [-0.39, 0.29) is 0 Å². The molecule has 2 aromatic rings. The number of anilines is 3. The van der Waals surface area contributed by atoms with Gasteiger partial charge in [0.05, 0.1) is 0 Å². The summed E-state index contributed by atoms with van der Waals surface area (Å²) in [5.41, 5.74) is 5.65. The summed E-state index contributed by atoms with van der Waals surface area (Å²) in [7, 11) is 1.98. The number of para-hydroxylation sites is 1. The average molecular weight is 243 g/mol. The number of rotatable bonds is 3. The molecule has 1 aromatic carbocycles. The van der Waals surface area contributed by atoms with Crippen molar-refractivity contribution in [2.24, 2.45) is 5.84 Å². The number of nitrogens with two attached hydrogens (primary N) is 1. The number of nitrogens with zero attached hydrogens (tertiary/aromatic N) is 3. The monoisotopic (exact) mass is 243 g/mol. The van der Waals surface area contributed by atoms with Crippen molar-refractivity contribution in [3.05, 3.63) is 41.6 Å². The first-order valence-corrected chi connectivity index (χ1v) is 5.73. The highest BCUT2D eigenvalue weighted by Crippen LogP contribution is 2.25. The van der Waals surface area contributed by atoms with Gasteiger partial charge in [-0.3, -0.25) is 5.43 Å². The second-order valence-electron chi connectivity index (χ2n) is 4.18. The van der Waals surface area contributed by atoms with Gasteiger partial charge in [-0.2, -0.15) is 4.98 Å². The van der Waals surface area contributed by atoms with Gasteiger partial charge in [0.15, 0.2) is 0 Å². The molecule has 18 heavy (non-hydrogen) atoms. The number of hydrazine groups is 1. The molecule has 0 aliphatic rings. The van der Waals surface area contributed by atoms with E-state index in [9.17, 15) is 0 Å². The number of aromatic nitrogens is 2. The van der Waals surface area contributed by atoms with Crippen molar-refractivity contribution in [2.45, 2.75) is 13.8 Å². The maximum atomic E-state index is 5.36. The molecule has 0 saturated carbocycles. The van der Waals surface area contributed by atoms with Crippen LogP contribution in [0.25, 0.3) is 0 Å². The Balaban J connectivity index is 2.43. The van der Waals surface area contributed by atoms with Crippen molar-refractivity contribution in [3.8, 4) is 0 Å². The average Bonchev–Trinajstić information content (AvgIpc) is 2.37. The van der Waals surface area contributed by atoms with Crippen LogP contribution < -0.4 is 16.2 Å². The number of benzene rings is 1. The summed E-state index contributed by atoms with van der Waals surface area (Å²) in [6.07, 6.45) is 0. The lowest BCUT2D eigenvalue weighted by molar-refractivity contribution is 1.03. The van der Waals surface area contributed by atoms with Crippen molar-refractivity contribution in [1.82, 2.24) is 9.97 Å². The first kappa shape index (κ1) is 12.3. The van der Waals surface area contributed by atoms with Gasteiger partial charge < -0.3 is 4.90 Å². The van der Waals surface area contributed by atoms with E-state index in [2.05, 4.69) is 34.5 Å². The molecule has 0 radical (unpaired) electrons. The van der Waals surface area contributed by atoms with Crippen LogP contribution >= 0.6 is 0 Å². The first-order valence-electron chi connectivity index (χ1n) is 5.73. The van der Waals surface area contributed by atoms with Gasteiger partial charge in [0.2, 0.25) is 5.95 Å². The molecule has 0 atom stereocenters. The Bertz CT molecular complexity index is 553. The van der Waals surface area contributed by atoms with E-state index < -0.39 is 0 Å². The Morgan fingerprint density at radius 2 is 1.89 bits per heavy atom. The Morgan fingerprint density at radius 3 is 2.56 bits per heavy atom. The maximum Gasteiger partial charge on any atom is 0.239 e. The van der Waals surface area contributed by atoms with E-state index in [1.54, 1.807) is 0 Å². The lowest BCUT2D eigenvalue weighted by atomic mass is 10.2. The van der Waals surface area contributed by atoms with Gasteiger partial charge in [0.25, 0.3) is 0 Å². The molecule has 0 bridgehead atoms. The number of hydrogen-bond donors (Lipinski definition) is 2. The van der Waals surface area contributed by atoms with Gasteiger partial charge in [-0.15, -0.1) is 0 Å². The van der Waals surface area contributed by atoms with Gasteiger partial charge in [-0.25, -0.2) is 10.8 Å². The van der Waals surface area contributed by atoms with Gasteiger partial charge in [0, 0.05) is 24.5 Å². The molecule has 5 heteroatoms. The smallest absolute Gasteiger partial charge is 0.239 e. The molecular weight excluding hydrogens is 226 g/mol. The third-order valence-electron chi connectivity index (χ3n) is 2.79. The molecule has 0 fully saturated rings. The maximum absolute atomic E-state index is 5.36. The van der Waals surface area contributed by atoms with E-state index in [0.717, 1.165) is 17.2 Å². The van der Waals surface area contributed by atoms with Gasteiger partial charge in [-0.1, -0.05) is 18.2 Å². The zero-order valence-corrected chi connectivity index (χ0v) is 10.8. The van der Waals surface area contributed by atoms with Crippen LogP contribution in [0.15, 0.2) is 30.3 Å². The highest BCUT2D eigenvalue weighted by atomic mass is 15.3. The van der Waals surface area contributed by atoms with E-state index in [4.69, 9.17) is 5.84 Å². The quantitative estimate of drug-likeness (QED) is 0.638.